The van der Waals surface area contributed by atoms with Crippen molar-refractivity contribution in [1.29, 1.82) is 0 Å². The third-order valence-corrected chi connectivity index (χ3v) is 5.54. The number of hydrogen-bond donors (Lipinski definition) is 2. The Hall–Kier alpha value is -2.25. The van der Waals surface area contributed by atoms with E-state index in [1.807, 2.05) is 24.3 Å². The fraction of sp³-hybridized carbons (Fsp3) is 0.333. The first-order chi connectivity index (χ1) is 12.1. The molecule has 3 rings (SSSR count). The fourth-order valence-corrected chi connectivity index (χ4v) is 4.13. The van der Waals surface area contributed by atoms with Gasteiger partial charge < -0.3 is 19.8 Å². The van der Waals surface area contributed by atoms with E-state index in [2.05, 4.69) is 4.98 Å². The summed E-state index contributed by atoms with van der Waals surface area (Å²) in [6, 6.07) is 7.60. The SMILES string of the molecule is COc1ccccc1C1SCC(=O)N1Cc1c(CO)cnc(C)c1O. The topological polar surface area (TPSA) is 82.9 Å². The van der Waals surface area contributed by atoms with Gasteiger partial charge in [-0.2, -0.15) is 0 Å². The molecule has 0 saturated carbocycles. The summed E-state index contributed by atoms with van der Waals surface area (Å²) in [4.78, 5) is 18.2. The van der Waals surface area contributed by atoms with Gasteiger partial charge in [0.15, 0.2) is 0 Å². The molecule has 2 heterocycles. The Morgan fingerprint density at radius 1 is 1.40 bits per heavy atom. The van der Waals surface area contributed by atoms with Gasteiger partial charge in [-0.15, -0.1) is 11.8 Å². The van der Waals surface area contributed by atoms with Gasteiger partial charge in [0.2, 0.25) is 5.91 Å². The lowest BCUT2D eigenvalue weighted by Crippen LogP contribution is -2.28. The molecule has 0 bridgehead atoms. The van der Waals surface area contributed by atoms with Crippen LogP contribution in [0.25, 0.3) is 0 Å². The number of hydrogen-bond acceptors (Lipinski definition) is 6. The smallest absolute Gasteiger partial charge is 0.234 e. The molecule has 1 atom stereocenters. The lowest BCUT2D eigenvalue weighted by molar-refractivity contribution is -0.128. The van der Waals surface area contributed by atoms with E-state index in [-0.39, 0.29) is 30.2 Å². The van der Waals surface area contributed by atoms with Crippen molar-refractivity contribution < 1.29 is 19.7 Å². The third kappa shape index (κ3) is 3.29. The van der Waals surface area contributed by atoms with Gasteiger partial charge in [0, 0.05) is 22.9 Å². The first-order valence-electron chi connectivity index (χ1n) is 7.88. The lowest BCUT2D eigenvalue weighted by Gasteiger charge is -2.26. The van der Waals surface area contributed by atoms with Crippen molar-refractivity contribution >= 4 is 17.7 Å². The molecule has 1 fully saturated rings. The minimum atomic E-state index is -0.245. The van der Waals surface area contributed by atoms with Crippen LogP contribution in [0.3, 0.4) is 0 Å². The van der Waals surface area contributed by atoms with Gasteiger partial charge in [-0.25, -0.2) is 0 Å². The number of amides is 1. The van der Waals surface area contributed by atoms with Crippen molar-refractivity contribution in [3.05, 3.63) is 52.8 Å². The minimum Gasteiger partial charge on any atom is -0.506 e. The van der Waals surface area contributed by atoms with Crippen molar-refractivity contribution in [3.63, 3.8) is 0 Å². The number of methoxy groups -OCH3 is 1. The molecule has 6 nitrogen and oxygen atoms in total. The van der Waals surface area contributed by atoms with Gasteiger partial charge in [-0.05, 0) is 13.0 Å². The van der Waals surface area contributed by atoms with Crippen molar-refractivity contribution in [3.8, 4) is 11.5 Å². The van der Waals surface area contributed by atoms with Crippen LogP contribution in [0.2, 0.25) is 0 Å². The van der Waals surface area contributed by atoms with E-state index in [9.17, 15) is 15.0 Å². The zero-order valence-electron chi connectivity index (χ0n) is 14.1. The number of nitrogens with zero attached hydrogens (tertiary/aromatic N) is 2. The summed E-state index contributed by atoms with van der Waals surface area (Å²) >= 11 is 1.52. The number of aromatic hydroxyl groups is 1. The largest absolute Gasteiger partial charge is 0.506 e. The Labute approximate surface area is 150 Å². The molecule has 1 aromatic carbocycles. The highest BCUT2D eigenvalue weighted by Crippen LogP contribution is 2.44. The van der Waals surface area contributed by atoms with E-state index < -0.39 is 0 Å². The predicted molar refractivity (Wildman–Crippen MR) is 95.3 cm³/mol. The summed E-state index contributed by atoms with van der Waals surface area (Å²) in [6.45, 7) is 1.66. The maximum Gasteiger partial charge on any atom is 0.234 e. The van der Waals surface area contributed by atoms with Gasteiger partial charge in [-0.1, -0.05) is 18.2 Å². The normalized spacial score (nSPS) is 17.2. The Morgan fingerprint density at radius 2 is 2.16 bits per heavy atom. The molecule has 1 unspecified atom stereocenters. The first-order valence-corrected chi connectivity index (χ1v) is 8.92. The third-order valence-electron chi connectivity index (χ3n) is 4.30. The molecule has 25 heavy (non-hydrogen) atoms. The highest BCUT2D eigenvalue weighted by molar-refractivity contribution is 8.00. The van der Waals surface area contributed by atoms with Gasteiger partial charge in [0.05, 0.1) is 31.7 Å². The van der Waals surface area contributed by atoms with Crippen LogP contribution in [0, 0.1) is 6.92 Å². The molecule has 2 aromatic rings. The number of ether oxygens (including phenoxy) is 1. The molecule has 1 aliphatic heterocycles. The number of thioether (sulfide) groups is 1. The number of aliphatic hydroxyl groups is 1. The molecule has 2 N–H and O–H groups in total. The molecule has 132 valence electrons. The average Bonchev–Trinajstić information content (AvgIpc) is 2.99. The molecule has 1 aliphatic rings. The van der Waals surface area contributed by atoms with Crippen LogP contribution in [0.15, 0.2) is 30.5 Å². The number of aliphatic hydroxyl groups excluding tert-OH is 1. The van der Waals surface area contributed by atoms with Crippen LogP contribution in [0.4, 0.5) is 0 Å². The van der Waals surface area contributed by atoms with E-state index in [0.29, 0.717) is 22.6 Å². The molecule has 0 aliphatic carbocycles. The molecule has 0 radical (unpaired) electrons. The second-order valence-corrected chi connectivity index (χ2v) is 6.85. The van der Waals surface area contributed by atoms with Crippen LogP contribution in [-0.4, -0.2) is 38.9 Å². The summed E-state index contributed by atoms with van der Waals surface area (Å²) in [5.74, 6) is 1.09. The van der Waals surface area contributed by atoms with Crippen LogP contribution < -0.4 is 4.74 Å². The predicted octanol–water partition coefficient (Wildman–Crippen LogP) is 2.37. The lowest BCUT2D eigenvalue weighted by atomic mass is 10.1. The molecular weight excluding hydrogens is 340 g/mol. The second-order valence-electron chi connectivity index (χ2n) is 5.78. The summed E-state index contributed by atoms with van der Waals surface area (Å²) < 4.78 is 5.43. The van der Waals surface area contributed by atoms with Gasteiger partial charge in [0.1, 0.15) is 16.9 Å². The molecule has 1 saturated heterocycles. The van der Waals surface area contributed by atoms with Crippen molar-refractivity contribution in [2.24, 2.45) is 0 Å². The Kier molecular flexibility index (Phi) is 5.15. The molecule has 0 spiro atoms. The number of para-hydroxylation sites is 1. The number of carbonyl (C=O) groups is 1. The first kappa shape index (κ1) is 17.6. The number of pyridine rings is 1. The Morgan fingerprint density at radius 3 is 2.88 bits per heavy atom. The highest BCUT2D eigenvalue weighted by Gasteiger charge is 2.35. The maximum atomic E-state index is 12.5. The van der Waals surface area contributed by atoms with Crippen LogP contribution in [0.1, 0.15) is 27.8 Å². The van der Waals surface area contributed by atoms with Crippen LogP contribution in [0.5, 0.6) is 11.5 Å². The minimum absolute atomic E-state index is 0.0151. The number of carbonyl (C=O) groups excluding carboxylic acids is 1. The second kappa shape index (κ2) is 7.33. The Balaban J connectivity index is 1.98. The Bertz CT molecular complexity index is 797. The standard InChI is InChI=1S/C18H20N2O4S/c1-11-17(23)14(12(9-21)7-19-11)8-20-16(22)10-25-18(20)13-5-3-4-6-15(13)24-2/h3-7,18,21,23H,8-10H2,1-2H3. The fourth-order valence-electron chi connectivity index (χ4n) is 2.92. The number of aromatic nitrogens is 1. The maximum absolute atomic E-state index is 12.5. The highest BCUT2D eigenvalue weighted by atomic mass is 32.2. The number of benzene rings is 1. The quantitative estimate of drug-likeness (QED) is 0.852. The zero-order chi connectivity index (χ0) is 18.0. The number of rotatable bonds is 5. The van der Waals surface area contributed by atoms with Crippen molar-refractivity contribution in [1.82, 2.24) is 9.88 Å². The molecular formula is C18H20N2O4S. The zero-order valence-corrected chi connectivity index (χ0v) is 14.9. The van der Waals surface area contributed by atoms with Crippen molar-refractivity contribution in [2.45, 2.75) is 25.4 Å². The monoisotopic (exact) mass is 360 g/mol. The van der Waals surface area contributed by atoms with Crippen molar-refractivity contribution in [2.75, 3.05) is 12.9 Å². The molecule has 1 aromatic heterocycles. The molecule has 1 amide bonds. The van der Waals surface area contributed by atoms with Gasteiger partial charge in [-0.3, -0.25) is 9.78 Å². The average molecular weight is 360 g/mol. The summed E-state index contributed by atoms with van der Waals surface area (Å²) in [6.07, 6.45) is 1.54. The van der Waals surface area contributed by atoms with E-state index in [1.165, 1.54) is 18.0 Å². The van der Waals surface area contributed by atoms with E-state index in [4.69, 9.17) is 4.74 Å². The van der Waals surface area contributed by atoms with Gasteiger partial charge >= 0.3 is 0 Å². The van der Waals surface area contributed by atoms with E-state index >= 15 is 0 Å². The van der Waals surface area contributed by atoms with Gasteiger partial charge in [0.25, 0.3) is 0 Å². The summed E-state index contributed by atoms with van der Waals surface area (Å²) in [7, 11) is 1.60. The van der Waals surface area contributed by atoms with Crippen LogP contribution in [-0.2, 0) is 17.9 Å². The summed E-state index contributed by atoms with van der Waals surface area (Å²) in [5, 5.41) is 19.7. The number of aryl methyl sites for hydroxylation is 1. The van der Waals surface area contributed by atoms with E-state index in [1.54, 1.807) is 18.9 Å². The van der Waals surface area contributed by atoms with Crippen LogP contribution >= 0.6 is 11.8 Å². The van der Waals surface area contributed by atoms with E-state index in [0.717, 1.165) is 11.3 Å². The molecule has 7 heteroatoms. The summed E-state index contributed by atoms with van der Waals surface area (Å²) in [5.41, 5.74) is 2.44.